The molecule has 0 fully saturated rings. The summed E-state index contributed by atoms with van der Waals surface area (Å²) in [5, 5.41) is 3.84. The molecule has 1 N–H and O–H groups in total. The summed E-state index contributed by atoms with van der Waals surface area (Å²) in [7, 11) is -1.21. The molecule has 1 aromatic rings. The number of hydrogen-bond donors (Lipinski definition) is 1. The molecule has 0 aliphatic rings. The van der Waals surface area contributed by atoms with Crippen LogP contribution in [0.15, 0.2) is 12.1 Å². The van der Waals surface area contributed by atoms with E-state index in [0.29, 0.717) is 5.02 Å². The van der Waals surface area contributed by atoms with Crippen LogP contribution in [0.25, 0.3) is 0 Å². The number of rotatable bonds is 5. The summed E-state index contributed by atoms with van der Waals surface area (Å²) in [6.07, 6.45) is 1.99. The molecule has 1 rings (SSSR count). The predicted molar refractivity (Wildman–Crippen MR) is 92.9 cm³/mol. The maximum absolute atomic E-state index is 12.6. The Morgan fingerprint density at radius 2 is 1.71 bits per heavy atom. The third-order valence-corrected chi connectivity index (χ3v) is 6.13. The van der Waals surface area contributed by atoms with Gasteiger partial charge >= 0.3 is 0 Å². The van der Waals surface area contributed by atoms with Crippen molar-refractivity contribution in [3.05, 3.63) is 28.3 Å². The number of amides is 1. The van der Waals surface area contributed by atoms with Crippen LogP contribution < -0.4 is 5.32 Å². The van der Waals surface area contributed by atoms with Gasteiger partial charge in [0, 0.05) is 70.7 Å². The standard InChI is InChI=1S/C16H25ClNOP.Y/c1-7-8-14(20(4,5)6)16(19)18-15-11(2)9-13(17)10-12(15)3;/h9-10,14H,7-8H2,1-6H3;/p+1. The van der Waals surface area contributed by atoms with E-state index in [1.165, 1.54) is 0 Å². The molecule has 1 aromatic carbocycles. The molecule has 1 radical (unpaired) electrons. The van der Waals surface area contributed by atoms with Crippen LogP contribution in [0.5, 0.6) is 0 Å². The van der Waals surface area contributed by atoms with E-state index in [1.54, 1.807) is 0 Å². The Hall–Kier alpha value is 0.514. The number of hydrogen-bond acceptors (Lipinski definition) is 1. The van der Waals surface area contributed by atoms with Crippen molar-refractivity contribution in [3.8, 4) is 0 Å². The fraction of sp³-hybridized carbons (Fsp3) is 0.562. The van der Waals surface area contributed by atoms with Crippen molar-refractivity contribution in [1.82, 2.24) is 0 Å². The topological polar surface area (TPSA) is 29.1 Å². The maximum atomic E-state index is 12.6. The van der Waals surface area contributed by atoms with Crippen molar-refractivity contribution in [2.45, 2.75) is 39.3 Å². The van der Waals surface area contributed by atoms with Crippen LogP contribution in [0, 0.1) is 13.8 Å². The molecular formula is C16H26ClNOPY+. The van der Waals surface area contributed by atoms with Crippen molar-refractivity contribution >= 4 is 30.5 Å². The molecule has 0 bridgehead atoms. The number of aryl methyl sites for hydroxylation is 2. The van der Waals surface area contributed by atoms with Gasteiger partial charge in [0.1, 0.15) is 5.66 Å². The Balaban J connectivity index is 0.00000400. The normalized spacial score (nSPS) is 12.5. The molecule has 115 valence electrons. The zero-order chi connectivity index (χ0) is 15.5. The number of anilines is 1. The van der Waals surface area contributed by atoms with Crippen molar-refractivity contribution in [2.75, 3.05) is 25.3 Å². The molecule has 21 heavy (non-hydrogen) atoms. The van der Waals surface area contributed by atoms with Crippen molar-refractivity contribution < 1.29 is 37.5 Å². The second kappa shape index (κ2) is 8.97. The second-order valence-electron chi connectivity index (χ2n) is 6.32. The molecule has 0 saturated carbocycles. The van der Waals surface area contributed by atoms with Crippen molar-refractivity contribution in [3.63, 3.8) is 0 Å². The van der Waals surface area contributed by atoms with Crippen molar-refractivity contribution in [2.24, 2.45) is 0 Å². The minimum Gasteiger partial charge on any atom is -0.322 e. The van der Waals surface area contributed by atoms with E-state index in [-0.39, 0.29) is 44.3 Å². The Labute approximate surface area is 160 Å². The largest absolute Gasteiger partial charge is 0.322 e. The molecule has 5 heteroatoms. The molecule has 0 aliphatic carbocycles. The molecule has 1 amide bonds. The molecule has 0 saturated heterocycles. The number of benzene rings is 1. The molecular weight excluding hydrogens is 378 g/mol. The summed E-state index contributed by atoms with van der Waals surface area (Å²) in [5.41, 5.74) is 3.08. The number of halogens is 1. The zero-order valence-corrected chi connectivity index (χ0v) is 18.4. The van der Waals surface area contributed by atoms with Gasteiger partial charge in [-0.2, -0.15) is 0 Å². The first-order chi connectivity index (χ1) is 9.16. The first-order valence-electron chi connectivity index (χ1n) is 7.05. The quantitative estimate of drug-likeness (QED) is 0.691. The zero-order valence-electron chi connectivity index (χ0n) is 14.0. The molecule has 1 unspecified atom stereocenters. The summed E-state index contributed by atoms with van der Waals surface area (Å²) >= 11 is 6.04. The molecule has 2 nitrogen and oxygen atoms in total. The second-order valence-corrected chi connectivity index (χ2v) is 11.6. The van der Waals surface area contributed by atoms with E-state index in [4.69, 9.17) is 11.6 Å². The molecule has 0 spiro atoms. The van der Waals surface area contributed by atoms with Gasteiger partial charge in [-0.05, 0) is 43.5 Å². The van der Waals surface area contributed by atoms with E-state index >= 15 is 0 Å². The van der Waals surface area contributed by atoms with Crippen LogP contribution >= 0.6 is 18.9 Å². The van der Waals surface area contributed by atoms with E-state index in [1.807, 2.05) is 26.0 Å². The SMILES string of the molecule is CCCC(C(=O)Nc1c(C)cc(Cl)cc1C)[P+](C)(C)C.[Y]. The van der Waals surface area contributed by atoms with Gasteiger partial charge in [0.2, 0.25) is 0 Å². The third kappa shape index (κ3) is 6.26. The van der Waals surface area contributed by atoms with Gasteiger partial charge in [-0.15, -0.1) is 0 Å². The Morgan fingerprint density at radius 3 is 2.10 bits per heavy atom. The fourth-order valence-corrected chi connectivity index (χ4v) is 4.59. The number of nitrogens with one attached hydrogen (secondary N) is 1. The van der Waals surface area contributed by atoms with Gasteiger partial charge in [0.05, 0.1) is 0 Å². The van der Waals surface area contributed by atoms with Crippen LogP contribution in [-0.2, 0) is 37.5 Å². The van der Waals surface area contributed by atoms with Gasteiger partial charge in [-0.3, -0.25) is 4.79 Å². The summed E-state index contributed by atoms with van der Waals surface area (Å²) in [4.78, 5) is 12.6. The Morgan fingerprint density at radius 1 is 1.24 bits per heavy atom. The molecule has 0 aromatic heterocycles. The first kappa shape index (κ1) is 21.5. The Kier molecular flexibility index (Phi) is 9.19. The molecule has 0 heterocycles. The van der Waals surface area contributed by atoms with Gasteiger partial charge in [0.25, 0.3) is 5.91 Å². The summed E-state index contributed by atoms with van der Waals surface area (Å²) in [6, 6.07) is 3.79. The van der Waals surface area contributed by atoms with Crippen LogP contribution in [0.4, 0.5) is 5.69 Å². The van der Waals surface area contributed by atoms with Crippen molar-refractivity contribution in [1.29, 1.82) is 0 Å². The van der Waals surface area contributed by atoms with Gasteiger partial charge in [0.15, 0.2) is 0 Å². The van der Waals surface area contributed by atoms with Gasteiger partial charge < -0.3 is 5.32 Å². The van der Waals surface area contributed by atoms with E-state index in [0.717, 1.165) is 29.7 Å². The van der Waals surface area contributed by atoms with Crippen LogP contribution in [0.2, 0.25) is 5.02 Å². The molecule has 0 aliphatic heterocycles. The maximum Gasteiger partial charge on any atom is 0.265 e. The molecule has 1 atom stereocenters. The minimum absolute atomic E-state index is 0. The van der Waals surface area contributed by atoms with Crippen LogP contribution in [0.1, 0.15) is 30.9 Å². The van der Waals surface area contributed by atoms with E-state index < -0.39 is 7.26 Å². The number of carbonyl (C=O) groups excluding carboxylic acids is 1. The minimum atomic E-state index is -1.21. The summed E-state index contributed by atoms with van der Waals surface area (Å²) < 4.78 is 0. The van der Waals surface area contributed by atoms with Gasteiger partial charge in [-0.25, -0.2) is 0 Å². The summed E-state index contributed by atoms with van der Waals surface area (Å²) in [5.74, 6) is 0.154. The Bertz CT molecular complexity index is 477. The van der Waals surface area contributed by atoms with Crippen LogP contribution in [-0.4, -0.2) is 31.6 Å². The average Bonchev–Trinajstić information content (AvgIpc) is 2.28. The first-order valence-corrected chi connectivity index (χ1v) is 10.6. The number of carbonyl (C=O) groups is 1. The fourth-order valence-electron chi connectivity index (χ4n) is 2.46. The monoisotopic (exact) mass is 403 g/mol. The smallest absolute Gasteiger partial charge is 0.265 e. The summed E-state index contributed by atoms with van der Waals surface area (Å²) in [6.45, 7) is 12.8. The average molecular weight is 404 g/mol. The van der Waals surface area contributed by atoms with Crippen LogP contribution in [0.3, 0.4) is 0 Å². The van der Waals surface area contributed by atoms with E-state index in [2.05, 4.69) is 32.2 Å². The van der Waals surface area contributed by atoms with E-state index in [9.17, 15) is 4.79 Å². The predicted octanol–water partition coefficient (Wildman–Crippen LogP) is 4.97. The third-order valence-electron chi connectivity index (χ3n) is 3.55. The van der Waals surface area contributed by atoms with Gasteiger partial charge in [-0.1, -0.05) is 24.9 Å².